The Bertz CT molecular complexity index is 1190. The lowest BCUT2D eigenvalue weighted by atomic mass is 9.96. The fraction of sp³-hybridized carbons (Fsp3) is 0.409. The quantitative estimate of drug-likeness (QED) is 0.726. The minimum Gasteiger partial charge on any atom is -0.454 e. The maximum atomic E-state index is 12.3. The van der Waals surface area contributed by atoms with Crippen molar-refractivity contribution in [2.24, 2.45) is 20.0 Å². The van der Waals surface area contributed by atoms with Gasteiger partial charge in [-0.3, -0.25) is 13.9 Å². The first-order chi connectivity index (χ1) is 13.6. The van der Waals surface area contributed by atoms with Crippen molar-refractivity contribution in [2.45, 2.75) is 41.5 Å². The van der Waals surface area contributed by atoms with Crippen LogP contribution in [0.5, 0.6) is 11.5 Å². The first-order valence-corrected chi connectivity index (χ1v) is 9.65. The highest BCUT2D eigenvalue weighted by Crippen LogP contribution is 2.39. The lowest BCUT2D eigenvalue weighted by Gasteiger charge is -2.22. The Morgan fingerprint density at radius 1 is 1.03 bits per heavy atom. The number of nitrogens with zero attached hydrogens (tertiary/aromatic N) is 3. The maximum absolute atomic E-state index is 12.3. The van der Waals surface area contributed by atoms with Gasteiger partial charge >= 0.3 is 5.69 Å². The first-order valence-electron chi connectivity index (χ1n) is 9.65. The van der Waals surface area contributed by atoms with Crippen LogP contribution >= 0.6 is 0 Å². The predicted molar refractivity (Wildman–Crippen MR) is 115 cm³/mol. The summed E-state index contributed by atoms with van der Waals surface area (Å²) in [7, 11) is 3.39. The van der Waals surface area contributed by atoms with Crippen molar-refractivity contribution in [3.05, 3.63) is 45.0 Å². The molecule has 0 aliphatic carbocycles. The molecule has 0 radical (unpaired) electrons. The Balaban J connectivity index is 2.19. The summed E-state index contributed by atoms with van der Waals surface area (Å²) in [5, 5.41) is 3.04. The average Bonchev–Trinajstić information content (AvgIpc) is 2.91. The first kappa shape index (κ1) is 20.6. The van der Waals surface area contributed by atoms with Gasteiger partial charge in [-0.1, -0.05) is 13.8 Å². The number of nitrogens with one attached hydrogen (secondary N) is 1. The van der Waals surface area contributed by atoms with Crippen molar-refractivity contribution in [2.75, 3.05) is 5.32 Å². The van der Waals surface area contributed by atoms with Gasteiger partial charge < -0.3 is 10.1 Å². The van der Waals surface area contributed by atoms with Gasteiger partial charge in [-0.15, -0.1) is 0 Å². The number of hydrogen-bond donors (Lipinski definition) is 1. The SMILES string of the molecule is Cc1c(C)c(NC(=O)C(C)C)c(C)c(Oc2ccnc3c2n(C)c(=O)n3C)c1C. The van der Waals surface area contributed by atoms with Gasteiger partial charge in [-0.05, 0) is 44.4 Å². The molecule has 3 rings (SSSR count). The monoisotopic (exact) mass is 396 g/mol. The van der Waals surface area contributed by atoms with E-state index in [0.717, 1.165) is 27.9 Å². The van der Waals surface area contributed by atoms with Crippen molar-refractivity contribution in [1.29, 1.82) is 0 Å². The normalized spacial score (nSPS) is 11.3. The van der Waals surface area contributed by atoms with E-state index in [2.05, 4.69) is 10.3 Å². The van der Waals surface area contributed by atoms with Gasteiger partial charge in [-0.2, -0.15) is 0 Å². The molecule has 29 heavy (non-hydrogen) atoms. The number of aromatic nitrogens is 3. The standard InChI is InChI=1S/C22H28N4O3/c1-11(2)21(27)24-17-13(4)12(3)14(5)19(15(17)6)29-16-9-10-23-20-18(16)25(7)22(28)26(20)8/h9-11H,1-8H3,(H,24,27). The number of benzene rings is 1. The van der Waals surface area contributed by atoms with Crippen LogP contribution in [0.15, 0.2) is 17.1 Å². The number of aryl methyl sites for hydroxylation is 2. The lowest BCUT2D eigenvalue weighted by molar-refractivity contribution is -0.118. The van der Waals surface area contributed by atoms with Crippen LogP contribution in [0.1, 0.15) is 36.1 Å². The number of carbonyl (C=O) groups is 1. The van der Waals surface area contributed by atoms with Crippen LogP contribution in [0.3, 0.4) is 0 Å². The minimum atomic E-state index is -0.165. The molecule has 0 spiro atoms. The highest BCUT2D eigenvalue weighted by atomic mass is 16.5. The van der Waals surface area contributed by atoms with Crippen LogP contribution in [-0.4, -0.2) is 20.0 Å². The van der Waals surface area contributed by atoms with Crippen molar-refractivity contribution in [1.82, 2.24) is 14.1 Å². The number of hydrogen-bond acceptors (Lipinski definition) is 4. The van der Waals surface area contributed by atoms with E-state index in [9.17, 15) is 9.59 Å². The van der Waals surface area contributed by atoms with Gasteiger partial charge in [0.15, 0.2) is 11.4 Å². The zero-order chi connectivity index (χ0) is 21.6. The summed E-state index contributed by atoms with van der Waals surface area (Å²) < 4.78 is 9.39. The molecule has 1 amide bonds. The highest BCUT2D eigenvalue weighted by Gasteiger charge is 2.21. The molecular formula is C22H28N4O3. The van der Waals surface area contributed by atoms with E-state index in [0.29, 0.717) is 22.7 Å². The molecule has 0 unspecified atom stereocenters. The molecule has 0 atom stereocenters. The zero-order valence-electron chi connectivity index (χ0n) is 18.3. The molecule has 0 saturated carbocycles. The maximum Gasteiger partial charge on any atom is 0.329 e. The molecule has 1 N–H and O–H groups in total. The molecule has 3 aromatic rings. The van der Waals surface area contributed by atoms with Crippen LogP contribution in [0.25, 0.3) is 11.2 Å². The topological polar surface area (TPSA) is 78.2 Å². The fourth-order valence-corrected chi connectivity index (χ4v) is 3.51. The molecule has 154 valence electrons. The van der Waals surface area contributed by atoms with Crippen molar-refractivity contribution < 1.29 is 9.53 Å². The summed E-state index contributed by atoms with van der Waals surface area (Å²) in [6.45, 7) is 11.7. The summed E-state index contributed by atoms with van der Waals surface area (Å²) in [6, 6.07) is 1.75. The number of ether oxygens (including phenoxy) is 1. The van der Waals surface area contributed by atoms with E-state index in [1.807, 2.05) is 41.5 Å². The minimum absolute atomic E-state index is 0.0397. The van der Waals surface area contributed by atoms with Crippen LogP contribution in [-0.2, 0) is 18.9 Å². The van der Waals surface area contributed by atoms with E-state index in [1.165, 1.54) is 9.13 Å². The van der Waals surface area contributed by atoms with Gasteiger partial charge in [0, 0.05) is 37.8 Å². The Kier molecular flexibility index (Phi) is 5.26. The third kappa shape index (κ3) is 3.30. The molecule has 1 aromatic carbocycles. The second-order valence-electron chi connectivity index (χ2n) is 7.83. The van der Waals surface area contributed by atoms with Crippen molar-refractivity contribution in [3.63, 3.8) is 0 Å². The Morgan fingerprint density at radius 2 is 1.69 bits per heavy atom. The second kappa shape index (κ2) is 7.39. The van der Waals surface area contributed by atoms with E-state index < -0.39 is 0 Å². The molecule has 7 nitrogen and oxygen atoms in total. The van der Waals surface area contributed by atoms with Gasteiger partial charge in [-0.25, -0.2) is 9.78 Å². The largest absolute Gasteiger partial charge is 0.454 e. The van der Waals surface area contributed by atoms with E-state index in [-0.39, 0.29) is 17.5 Å². The molecule has 0 aliphatic rings. The third-order valence-electron chi connectivity index (χ3n) is 5.64. The molecule has 0 fully saturated rings. The molecular weight excluding hydrogens is 368 g/mol. The number of anilines is 1. The lowest BCUT2D eigenvalue weighted by Crippen LogP contribution is -2.20. The van der Waals surface area contributed by atoms with Crippen LogP contribution in [0, 0.1) is 33.6 Å². The Morgan fingerprint density at radius 3 is 2.31 bits per heavy atom. The molecule has 0 bridgehead atoms. The number of rotatable bonds is 4. The number of fused-ring (bicyclic) bond motifs is 1. The molecule has 2 aromatic heterocycles. The second-order valence-corrected chi connectivity index (χ2v) is 7.83. The van der Waals surface area contributed by atoms with E-state index >= 15 is 0 Å². The van der Waals surface area contributed by atoms with Crippen LogP contribution in [0.2, 0.25) is 0 Å². The van der Waals surface area contributed by atoms with Gasteiger partial charge in [0.25, 0.3) is 0 Å². The van der Waals surface area contributed by atoms with Gasteiger partial charge in [0.2, 0.25) is 5.91 Å². The van der Waals surface area contributed by atoms with E-state index in [4.69, 9.17) is 4.74 Å². The number of pyridine rings is 1. The molecule has 7 heteroatoms. The zero-order valence-corrected chi connectivity index (χ0v) is 18.3. The molecule has 2 heterocycles. The Labute approximate surface area is 170 Å². The summed E-state index contributed by atoms with van der Waals surface area (Å²) in [6.07, 6.45) is 1.63. The van der Waals surface area contributed by atoms with Crippen LogP contribution in [0.4, 0.5) is 5.69 Å². The summed E-state index contributed by atoms with van der Waals surface area (Å²) in [4.78, 5) is 29.0. The number of carbonyl (C=O) groups excluding carboxylic acids is 1. The fourth-order valence-electron chi connectivity index (χ4n) is 3.51. The summed E-state index contributed by atoms with van der Waals surface area (Å²) >= 11 is 0. The molecule has 0 aliphatic heterocycles. The van der Waals surface area contributed by atoms with Crippen molar-refractivity contribution in [3.8, 4) is 11.5 Å². The summed E-state index contributed by atoms with van der Waals surface area (Å²) in [5.41, 5.74) is 5.72. The smallest absolute Gasteiger partial charge is 0.329 e. The van der Waals surface area contributed by atoms with Gasteiger partial charge in [0.05, 0.1) is 5.69 Å². The molecule has 0 saturated heterocycles. The number of amides is 1. The van der Waals surface area contributed by atoms with Crippen molar-refractivity contribution >= 4 is 22.8 Å². The van der Waals surface area contributed by atoms with Crippen LogP contribution < -0.4 is 15.7 Å². The van der Waals surface area contributed by atoms with Gasteiger partial charge in [0.1, 0.15) is 11.3 Å². The number of imidazole rings is 1. The third-order valence-corrected chi connectivity index (χ3v) is 5.64. The predicted octanol–water partition coefficient (Wildman–Crippen LogP) is 3.89. The summed E-state index contributed by atoms with van der Waals surface area (Å²) in [5.74, 6) is 1.06. The average molecular weight is 396 g/mol. The Hall–Kier alpha value is -3.09. The van der Waals surface area contributed by atoms with E-state index in [1.54, 1.807) is 26.4 Å². The highest BCUT2D eigenvalue weighted by molar-refractivity contribution is 5.94.